The summed E-state index contributed by atoms with van der Waals surface area (Å²) in [6.07, 6.45) is 0. The maximum atomic E-state index is 4.90. The van der Waals surface area contributed by atoms with Gasteiger partial charge in [-0.2, -0.15) is 0 Å². The third-order valence-corrected chi connectivity index (χ3v) is 6.78. The highest BCUT2D eigenvalue weighted by Gasteiger charge is 2.14. The number of hydrogen-bond donors (Lipinski definition) is 0. The van der Waals surface area contributed by atoms with Gasteiger partial charge >= 0.3 is 0 Å². The molecule has 30 heavy (non-hydrogen) atoms. The van der Waals surface area contributed by atoms with E-state index in [0.717, 1.165) is 22.5 Å². The van der Waals surface area contributed by atoms with E-state index in [1.165, 1.54) is 0 Å². The Morgan fingerprint density at radius 2 is 0.733 bits per heavy atom. The smallest absolute Gasteiger partial charge is 0.129 e. The maximum Gasteiger partial charge on any atom is 0.129 e. The van der Waals surface area contributed by atoms with Crippen LogP contribution in [0.25, 0.3) is 0 Å². The first-order chi connectivity index (χ1) is 13.3. The fourth-order valence-electron chi connectivity index (χ4n) is 1.90. The molecule has 0 saturated carbocycles. The molecule has 158 valence electrons. The third-order valence-electron chi connectivity index (χ3n) is 3.28. The SMILES string of the molecule is C[Si](C)(C)C#Cc1cc(C#C[Si](C)(C)C)c(C#C[Si](C)(C)C)nc1C#C[Si](C)(C)C. The van der Waals surface area contributed by atoms with E-state index in [-0.39, 0.29) is 0 Å². The number of aromatic nitrogens is 1. The Kier molecular flexibility index (Phi) is 8.41. The van der Waals surface area contributed by atoms with Crippen molar-refractivity contribution in [3.63, 3.8) is 0 Å². The normalized spacial score (nSPS) is 11.6. The lowest BCUT2D eigenvalue weighted by Crippen LogP contribution is -2.18. The number of rotatable bonds is 0. The highest BCUT2D eigenvalue weighted by atomic mass is 28.3. The van der Waals surface area contributed by atoms with Crippen LogP contribution in [-0.4, -0.2) is 37.3 Å². The molecule has 0 saturated heterocycles. The first kappa shape index (κ1) is 26.3. The van der Waals surface area contributed by atoms with Crippen molar-refractivity contribution >= 4 is 32.3 Å². The predicted molar refractivity (Wildman–Crippen MR) is 145 cm³/mol. The zero-order valence-electron chi connectivity index (χ0n) is 21.0. The van der Waals surface area contributed by atoms with Crippen LogP contribution >= 0.6 is 0 Å². The summed E-state index contributed by atoms with van der Waals surface area (Å²) in [4.78, 5) is 4.90. The van der Waals surface area contributed by atoms with Gasteiger partial charge in [0.25, 0.3) is 0 Å². The van der Waals surface area contributed by atoms with Crippen molar-refractivity contribution in [2.24, 2.45) is 0 Å². The minimum Gasteiger partial charge on any atom is -0.228 e. The lowest BCUT2D eigenvalue weighted by Gasteiger charge is -2.08. The van der Waals surface area contributed by atoms with Crippen molar-refractivity contribution < 1.29 is 0 Å². The summed E-state index contributed by atoms with van der Waals surface area (Å²) in [7, 11) is -6.11. The third kappa shape index (κ3) is 11.4. The fraction of sp³-hybridized carbons (Fsp3) is 0.480. The van der Waals surface area contributed by atoms with Crippen LogP contribution in [0.15, 0.2) is 6.07 Å². The zero-order chi connectivity index (χ0) is 23.4. The summed E-state index contributed by atoms with van der Waals surface area (Å²) in [5, 5.41) is 0. The Labute approximate surface area is 189 Å². The van der Waals surface area contributed by atoms with E-state index in [1.54, 1.807) is 0 Å². The molecule has 0 unspecified atom stereocenters. The molecule has 0 N–H and O–H groups in total. The van der Waals surface area contributed by atoms with Crippen LogP contribution in [0.4, 0.5) is 0 Å². The second-order valence-corrected chi connectivity index (χ2v) is 30.8. The average Bonchev–Trinajstić information content (AvgIpc) is 2.52. The Hall–Kier alpha value is -1.74. The van der Waals surface area contributed by atoms with Gasteiger partial charge in [0.1, 0.15) is 43.7 Å². The molecule has 1 nitrogen and oxygen atoms in total. The Balaban J connectivity index is 3.87. The van der Waals surface area contributed by atoms with Crippen molar-refractivity contribution in [2.45, 2.75) is 78.6 Å². The summed E-state index contributed by atoms with van der Waals surface area (Å²) in [6.45, 7) is 27.0. The van der Waals surface area contributed by atoms with Gasteiger partial charge in [-0.05, 0) is 6.07 Å². The summed E-state index contributed by atoms with van der Waals surface area (Å²) in [5.41, 5.74) is 17.1. The highest BCUT2D eigenvalue weighted by Crippen LogP contribution is 2.14. The molecule has 0 aliphatic heterocycles. The first-order valence-electron chi connectivity index (χ1n) is 10.5. The van der Waals surface area contributed by atoms with E-state index < -0.39 is 32.3 Å². The molecule has 1 heterocycles. The summed E-state index contributed by atoms with van der Waals surface area (Å²) < 4.78 is 0. The molecule has 0 amide bonds. The molecule has 0 aliphatic rings. The molecule has 0 aromatic carbocycles. The van der Waals surface area contributed by atoms with Gasteiger partial charge < -0.3 is 0 Å². The van der Waals surface area contributed by atoms with Crippen molar-refractivity contribution in [1.29, 1.82) is 0 Å². The maximum absolute atomic E-state index is 4.90. The summed E-state index contributed by atoms with van der Waals surface area (Å²) >= 11 is 0. The minimum absolute atomic E-state index is 0.751. The second kappa shape index (κ2) is 9.59. The van der Waals surface area contributed by atoms with Crippen LogP contribution < -0.4 is 0 Å². The molecule has 0 aliphatic carbocycles. The van der Waals surface area contributed by atoms with Gasteiger partial charge in [-0.15, -0.1) is 22.2 Å². The zero-order valence-corrected chi connectivity index (χ0v) is 25.0. The van der Waals surface area contributed by atoms with Crippen LogP contribution in [0.1, 0.15) is 22.5 Å². The van der Waals surface area contributed by atoms with Gasteiger partial charge in [0.2, 0.25) is 0 Å². The molecule has 0 bridgehead atoms. The van der Waals surface area contributed by atoms with E-state index in [9.17, 15) is 0 Å². The first-order valence-corrected chi connectivity index (χ1v) is 24.5. The van der Waals surface area contributed by atoms with E-state index in [4.69, 9.17) is 4.98 Å². The molecule has 1 rings (SSSR count). The van der Waals surface area contributed by atoms with Crippen molar-refractivity contribution in [3.8, 4) is 45.9 Å². The van der Waals surface area contributed by atoms with Gasteiger partial charge in [0, 0.05) is 0 Å². The van der Waals surface area contributed by atoms with E-state index >= 15 is 0 Å². The Morgan fingerprint density at radius 1 is 0.467 bits per heavy atom. The van der Waals surface area contributed by atoms with Crippen LogP contribution in [0, 0.1) is 45.9 Å². The lowest BCUT2D eigenvalue weighted by atomic mass is 10.1. The fourth-order valence-corrected chi connectivity index (χ4v) is 3.90. The minimum atomic E-state index is -1.53. The summed E-state index contributed by atoms with van der Waals surface area (Å²) in [6, 6.07) is 2.08. The van der Waals surface area contributed by atoms with Crippen LogP contribution in [0.3, 0.4) is 0 Å². The molecule has 1 aromatic rings. The number of hydrogen-bond acceptors (Lipinski definition) is 1. The van der Waals surface area contributed by atoms with Crippen molar-refractivity contribution in [2.75, 3.05) is 0 Å². The largest absolute Gasteiger partial charge is 0.228 e. The molecule has 0 atom stereocenters. The number of pyridine rings is 1. The van der Waals surface area contributed by atoms with Crippen LogP contribution in [-0.2, 0) is 0 Å². The standard InChI is InChI=1S/C25H37NSi4/c1-27(2,3)17-13-22-21-23(14-18-28(4,5)6)25(16-20-30(10,11)12)26-24(22)15-19-29(7,8)9/h21H,1-12H3. The predicted octanol–water partition coefficient (Wildman–Crippen LogP) is 6.00. The molecule has 0 radical (unpaired) electrons. The average molecular weight is 464 g/mol. The Bertz CT molecular complexity index is 871. The highest BCUT2D eigenvalue weighted by molar-refractivity contribution is 6.85. The van der Waals surface area contributed by atoms with Gasteiger partial charge in [-0.25, -0.2) is 4.98 Å². The number of nitrogens with zero attached hydrogens (tertiary/aromatic N) is 1. The topological polar surface area (TPSA) is 12.9 Å². The monoisotopic (exact) mass is 463 g/mol. The van der Waals surface area contributed by atoms with Gasteiger partial charge in [0.15, 0.2) is 0 Å². The van der Waals surface area contributed by atoms with E-state index in [1.807, 2.05) is 0 Å². The molecule has 1 aromatic heterocycles. The van der Waals surface area contributed by atoms with Gasteiger partial charge in [-0.1, -0.05) is 102 Å². The van der Waals surface area contributed by atoms with Crippen LogP contribution in [0.5, 0.6) is 0 Å². The van der Waals surface area contributed by atoms with Crippen molar-refractivity contribution in [1.82, 2.24) is 4.98 Å². The second-order valence-electron chi connectivity index (χ2n) is 11.8. The summed E-state index contributed by atoms with van der Waals surface area (Å²) in [5.74, 6) is 13.5. The Morgan fingerprint density at radius 3 is 1.00 bits per heavy atom. The molecule has 0 fully saturated rings. The quantitative estimate of drug-likeness (QED) is 0.340. The van der Waals surface area contributed by atoms with Gasteiger partial charge in [-0.3, -0.25) is 0 Å². The lowest BCUT2D eigenvalue weighted by molar-refractivity contribution is 1.22. The molecular weight excluding hydrogens is 427 g/mol. The van der Waals surface area contributed by atoms with E-state index in [2.05, 4.69) is 130 Å². The van der Waals surface area contributed by atoms with E-state index in [0.29, 0.717) is 0 Å². The van der Waals surface area contributed by atoms with Crippen molar-refractivity contribution in [3.05, 3.63) is 28.6 Å². The van der Waals surface area contributed by atoms with Gasteiger partial charge in [0.05, 0.1) is 11.1 Å². The van der Waals surface area contributed by atoms with Crippen LogP contribution in [0.2, 0.25) is 78.6 Å². The molecule has 0 spiro atoms. The molecule has 5 heteroatoms. The molecular formula is C25H37NSi4.